The zero-order valence-corrected chi connectivity index (χ0v) is 21.8. The Morgan fingerprint density at radius 3 is 2.41 bits per heavy atom. The Labute approximate surface area is 222 Å². The molecule has 0 saturated carbocycles. The number of hydrogen-bond donors (Lipinski definition) is 2. The molecule has 0 bridgehead atoms. The van der Waals surface area contributed by atoms with E-state index in [1.807, 2.05) is 49.4 Å². The number of likely N-dealkylation sites (tertiary alicyclic amines) is 1. The van der Waals surface area contributed by atoms with Crippen molar-refractivity contribution in [3.05, 3.63) is 77.3 Å². The number of hydrogen-bond acceptors (Lipinski definition) is 5. The van der Waals surface area contributed by atoms with E-state index in [0.717, 1.165) is 5.56 Å². The molecule has 0 radical (unpaired) electrons. The Bertz CT molecular complexity index is 1140. The third-order valence-electron chi connectivity index (χ3n) is 7.38. The first-order chi connectivity index (χ1) is 17.9. The zero-order chi connectivity index (χ0) is 26.5. The fourth-order valence-electron chi connectivity index (χ4n) is 5.68. The molecule has 2 aromatic rings. The highest BCUT2D eigenvalue weighted by molar-refractivity contribution is 6.30. The molecule has 0 aromatic heterocycles. The van der Waals surface area contributed by atoms with Crippen LogP contribution < -0.4 is 5.32 Å². The number of allylic oxidation sites excluding steroid dienone is 1. The summed E-state index contributed by atoms with van der Waals surface area (Å²) in [6.45, 7) is 3.59. The maximum absolute atomic E-state index is 14.1. The molecule has 1 aliphatic carbocycles. The SMILES string of the molecule is CCOC(=O)[C@H]1[C@@H]2C(=O)N([C@@H](CO)Cc3ccccc3)[C@H](C(=O)Nc3ccc(Cl)cc3)[C@H]2C=C[C@H]1CC. The van der Waals surface area contributed by atoms with Gasteiger partial charge in [-0.05, 0) is 55.5 Å². The molecule has 1 saturated heterocycles. The molecule has 2 aliphatic rings. The highest BCUT2D eigenvalue weighted by Gasteiger charge is 2.58. The first kappa shape index (κ1) is 26.9. The first-order valence-electron chi connectivity index (χ1n) is 12.8. The highest BCUT2D eigenvalue weighted by Crippen LogP contribution is 2.46. The van der Waals surface area contributed by atoms with Gasteiger partial charge in [0.05, 0.1) is 31.1 Å². The summed E-state index contributed by atoms with van der Waals surface area (Å²) >= 11 is 6.00. The number of aliphatic hydroxyl groups excluding tert-OH is 1. The lowest BCUT2D eigenvalue weighted by molar-refractivity contribution is -0.156. The zero-order valence-electron chi connectivity index (χ0n) is 21.0. The van der Waals surface area contributed by atoms with Crippen molar-refractivity contribution in [3.8, 4) is 0 Å². The normalized spacial score (nSPS) is 25.5. The van der Waals surface area contributed by atoms with E-state index < -0.39 is 35.8 Å². The number of esters is 1. The second-order valence-electron chi connectivity index (χ2n) is 9.55. The van der Waals surface area contributed by atoms with Crippen LogP contribution in [0, 0.1) is 23.7 Å². The third kappa shape index (κ3) is 5.58. The Morgan fingerprint density at radius 2 is 1.78 bits per heavy atom. The minimum atomic E-state index is -0.903. The van der Waals surface area contributed by atoms with Gasteiger partial charge >= 0.3 is 5.97 Å². The minimum absolute atomic E-state index is 0.175. The topological polar surface area (TPSA) is 95.9 Å². The van der Waals surface area contributed by atoms with Crippen molar-refractivity contribution in [2.45, 2.75) is 38.8 Å². The van der Waals surface area contributed by atoms with Gasteiger partial charge in [0, 0.05) is 16.6 Å². The van der Waals surface area contributed by atoms with Crippen molar-refractivity contribution in [1.29, 1.82) is 0 Å². The summed E-state index contributed by atoms with van der Waals surface area (Å²) in [5.41, 5.74) is 1.48. The van der Waals surface area contributed by atoms with E-state index in [1.165, 1.54) is 4.90 Å². The molecule has 2 N–H and O–H groups in total. The lowest BCUT2D eigenvalue weighted by Crippen LogP contribution is -2.51. The van der Waals surface area contributed by atoms with Crippen LogP contribution in [0.4, 0.5) is 5.69 Å². The predicted octanol–water partition coefficient (Wildman–Crippen LogP) is 4.10. The standard InChI is InChI=1S/C29H33ClN2O5/c1-3-19-10-15-23-25(24(19)29(36)37-4-2)28(35)32(22(17-33)16-18-8-6-5-7-9-18)26(23)27(34)31-21-13-11-20(30)12-14-21/h5-15,19,22-26,33H,3-4,16-17H2,1-2H3,(H,31,34)/t19-,22-,23+,24-,25-,26+/m1/s1. The van der Waals surface area contributed by atoms with Crippen LogP contribution in [0.1, 0.15) is 25.8 Å². The number of amides is 2. The average molecular weight is 525 g/mol. The van der Waals surface area contributed by atoms with Gasteiger partial charge in [0.1, 0.15) is 6.04 Å². The Hall–Kier alpha value is -3.16. The summed E-state index contributed by atoms with van der Waals surface area (Å²) in [5, 5.41) is 13.9. The summed E-state index contributed by atoms with van der Waals surface area (Å²) in [5.74, 6) is -3.27. The molecule has 37 heavy (non-hydrogen) atoms. The molecule has 1 aliphatic heterocycles. The van der Waals surface area contributed by atoms with E-state index >= 15 is 0 Å². The molecule has 2 aromatic carbocycles. The van der Waals surface area contributed by atoms with Gasteiger partial charge in [0.15, 0.2) is 0 Å². The molecule has 6 atom stereocenters. The van der Waals surface area contributed by atoms with Crippen LogP contribution >= 0.6 is 11.6 Å². The molecule has 0 unspecified atom stereocenters. The molecular weight excluding hydrogens is 492 g/mol. The average Bonchev–Trinajstić information content (AvgIpc) is 3.20. The molecule has 1 fully saturated rings. The summed E-state index contributed by atoms with van der Waals surface area (Å²) in [4.78, 5) is 42.5. The molecule has 1 heterocycles. The number of aliphatic hydroxyl groups is 1. The lowest BCUT2D eigenvalue weighted by atomic mass is 9.69. The fraction of sp³-hybridized carbons (Fsp3) is 0.414. The molecule has 2 amide bonds. The number of rotatable bonds is 9. The Kier molecular flexibility index (Phi) is 8.67. The maximum atomic E-state index is 14.1. The van der Waals surface area contributed by atoms with Gasteiger partial charge in [-0.2, -0.15) is 0 Å². The number of nitrogens with one attached hydrogen (secondary N) is 1. The molecule has 196 valence electrons. The number of ether oxygens (including phenoxy) is 1. The number of anilines is 1. The Balaban J connectivity index is 1.74. The van der Waals surface area contributed by atoms with Gasteiger partial charge < -0.3 is 20.1 Å². The molecule has 8 heteroatoms. The van der Waals surface area contributed by atoms with Crippen molar-refractivity contribution < 1.29 is 24.2 Å². The van der Waals surface area contributed by atoms with Crippen LogP contribution in [0.25, 0.3) is 0 Å². The predicted molar refractivity (Wildman–Crippen MR) is 142 cm³/mol. The third-order valence-corrected chi connectivity index (χ3v) is 7.63. The molecule has 0 spiro atoms. The number of carbonyl (C=O) groups excluding carboxylic acids is 3. The highest BCUT2D eigenvalue weighted by atomic mass is 35.5. The van der Waals surface area contributed by atoms with Crippen LogP contribution in [0.2, 0.25) is 5.02 Å². The van der Waals surface area contributed by atoms with Gasteiger partial charge in [-0.3, -0.25) is 14.4 Å². The van der Waals surface area contributed by atoms with Crippen molar-refractivity contribution >= 4 is 35.1 Å². The van der Waals surface area contributed by atoms with Crippen molar-refractivity contribution in [1.82, 2.24) is 4.90 Å². The van der Waals surface area contributed by atoms with Crippen LogP contribution in [0.3, 0.4) is 0 Å². The van der Waals surface area contributed by atoms with Crippen LogP contribution in [-0.4, -0.2) is 53.1 Å². The van der Waals surface area contributed by atoms with Gasteiger partial charge in [0.2, 0.25) is 11.8 Å². The van der Waals surface area contributed by atoms with E-state index in [0.29, 0.717) is 23.6 Å². The summed E-state index contributed by atoms with van der Waals surface area (Å²) in [7, 11) is 0. The summed E-state index contributed by atoms with van der Waals surface area (Å²) < 4.78 is 5.38. The van der Waals surface area contributed by atoms with Crippen molar-refractivity contribution in [2.75, 3.05) is 18.5 Å². The van der Waals surface area contributed by atoms with Crippen molar-refractivity contribution in [2.24, 2.45) is 23.7 Å². The first-order valence-corrected chi connectivity index (χ1v) is 13.2. The largest absolute Gasteiger partial charge is 0.466 e. The summed E-state index contributed by atoms with van der Waals surface area (Å²) in [6, 6.07) is 14.7. The monoisotopic (exact) mass is 524 g/mol. The van der Waals surface area contributed by atoms with E-state index in [9.17, 15) is 19.5 Å². The number of fused-ring (bicyclic) bond motifs is 1. The molecular formula is C29H33ClN2O5. The molecule has 7 nitrogen and oxygen atoms in total. The van der Waals surface area contributed by atoms with Crippen LogP contribution in [0.5, 0.6) is 0 Å². The van der Waals surface area contributed by atoms with E-state index in [2.05, 4.69) is 5.32 Å². The quantitative estimate of drug-likeness (QED) is 0.380. The summed E-state index contributed by atoms with van der Waals surface area (Å²) in [6.07, 6.45) is 4.87. The van der Waals surface area contributed by atoms with Gasteiger partial charge in [-0.1, -0.05) is 61.0 Å². The van der Waals surface area contributed by atoms with E-state index in [1.54, 1.807) is 31.2 Å². The van der Waals surface area contributed by atoms with E-state index in [-0.39, 0.29) is 30.9 Å². The van der Waals surface area contributed by atoms with Crippen molar-refractivity contribution in [3.63, 3.8) is 0 Å². The fourth-order valence-corrected chi connectivity index (χ4v) is 5.80. The van der Waals surface area contributed by atoms with E-state index in [4.69, 9.17) is 16.3 Å². The Morgan fingerprint density at radius 1 is 1.08 bits per heavy atom. The van der Waals surface area contributed by atoms with Gasteiger partial charge in [-0.15, -0.1) is 0 Å². The maximum Gasteiger partial charge on any atom is 0.310 e. The van der Waals surface area contributed by atoms with Gasteiger partial charge in [-0.25, -0.2) is 0 Å². The number of halogens is 1. The van der Waals surface area contributed by atoms with Crippen LogP contribution in [-0.2, 0) is 25.5 Å². The number of carbonyl (C=O) groups is 3. The number of benzene rings is 2. The lowest BCUT2D eigenvalue weighted by Gasteiger charge is -2.34. The number of nitrogens with zero attached hydrogens (tertiary/aromatic N) is 1. The second-order valence-corrected chi connectivity index (χ2v) is 9.99. The van der Waals surface area contributed by atoms with Crippen LogP contribution in [0.15, 0.2) is 66.7 Å². The second kappa shape index (κ2) is 11.9. The van der Waals surface area contributed by atoms with Gasteiger partial charge in [0.25, 0.3) is 0 Å². The molecule has 4 rings (SSSR count). The smallest absolute Gasteiger partial charge is 0.310 e. The minimum Gasteiger partial charge on any atom is -0.466 e.